The number of nitrogens with one attached hydrogen (secondary N) is 2. The van der Waals surface area contributed by atoms with Gasteiger partial charge in [0.15, 0.2) is 5.76 Å². The zero-order valence-corrected chi connectivity index (χ0v) is 15.4. The summed E-state index contributed by atoms with van der Waals surface area (Å²) in [5.41, 5.74) is 4.33. The van der Waals surface area contributed by atoms with E-state index in [-0.39, 0.29) is 24.3 Å². The highest BCUT2D eigenvalue weighted by Crippen LogP contribution is 2.24. The molecule has 1 aromatic heterocycles. The Bertz CT molecular complexity index is 918. The molecule has 0 saturated heterocycles. The molecule has 2 aromatic carbocycles. The largest absolute Gasteiger partial charge is 0.459 e. The van der Waals surface area contributed by atoms with E-state index in [1.54, 1.807) is 12.1 Å². The number of aryl methyl sites for hydroxylation is 2. The Morgan fingerprint density at radius 1 is 0.926 bits per heavy atom. The SMILES string of the molecule is Cc1ccc([C@@H](NC(=O)CNC(=O)c2ccco2)c2ccccc2)cc1C. The first kappa shape index (κ1) is 18.5. The number of hydrogen-bond donors (Lipinski definition) is 2. The lowest BCUT2D eigenvalue weighted by atomic mass is 9.95. The number of carbonyl (C=O) groups is 2. The molecule has 2 amide bonds. The lowest BCUT2D eigenvalue weighted by molar-refractivity contribution is -0.120. The summed E-state index contributed by atoms with van der Waals surface area (Å²) in [6.07, 6.45) is 1.42. The number of hydrogen-bond acceptors (Lipinski definition) is 3. The van der Waals surface area contributed by atoms with Crippen LogP contribution in [0.2, 0.25) is 0 Å². The Balaban J connectivity index is 1.74. The number of benzene rings is 2. The lowest BCUT2D eigenvalue weighted by Crippen LogP contribution is -2.39. The smallest absolute Gasteiger partial charge is 0.287 e. The van der Waals surface area contributed by atoms with Crippen LogP contribution in [0.1, 0.15) is 38.9 Å². The number of rotatable bonds is 6. The minimum Gasteiger partial charge on any atom is -0.459 e. The summed E-state index contributed by atoms with van der Waals surface area (Å²) in [5.74, 6) is -0.517. The molecule has 0 radical (unpaired) electrons. The van der Waals surface area contributed by atoms with Crippen LogP contribution in [0.3, 0.4) is 0 Å². The average molecular weight is 362 g/mol. The van der Waals surface area contributed by atoms with E-state index in [9.17, 15) is 9.59 Å². The Kier molecular flexibility index (Phi) is 5.71. The third-order valence-electron chi connectivity index (χ3n) is 4.46. The van der Waals surface area contributed by atoms with Crippen LogP contribution in [0, 0.1) is 13.8 Å². The monoisotopic (exact) mass is 362 g/mol. The summed E-state index contributed by atoms with van der Waals surface area (Å²) in [4.78, 5) is 24.4. The van der Waals surface area contributed by atoms with Crippen LogP contribution in [-0.4, -0.2) is 18.4 Å². The summed E-state index contributed by atoms with van der Waals surface area (Å²) in [6.45, 7) is 3.97. The lowest BCUT2D eigenvalue weighted by Gasteiger charge is -2.21. The van der Waals surface area contributed by atoms with E-state index in [2.05, 4.69) is 23.6 Å². The summed E-state index contributed by atoms with van der Waals surface area (Å²) in [6, 6.07) is 18.8. The topological polar surface area (TPSA) is 71.3 Å². The van der Waals surface area contributed by atoms with Gasteiger partial charge >= 0.3 is 0 Å². The van der Waals surface area contributed by atoms with E-state index >= 15 is 0 Å². The van der Waals surface area contributed by atoms with Gasteiger partial charge in [-0.3, -0.25) is 9.59 Å². The first-order valence-electron chi connectivity index (χ1n) is 8.78. The molecular formula is C22H22N2O3. The molecule has 5 heteroatoms. The second-order valence-corrected chi connectivity index (χ2v) is 6.41. The molecule has 0 aliphatic rings. The molecule has 1 atom stereocenters. The van der Waals surface area contributed by atoms with Crippen molar-refractivity contribution < 1.29 is 14.0 Å². The maximum Gasteiger partial charge on any atom is 0.287 e. The Hall–Kier alpha value is -3.34. The summed E-state index contributed by atoms with van der Waals surface area (Å²) >= 11 is 0. The van der Waals surface area contributed by atoms with Gasteiger partial charge in [-0.15, -0.1) is 0 Å². The molecule has 0 unspecified atom stereocenters. The summed E-state index contributed by atoms with van der Waals surface area (Å²) in [5, 5.41) is 5.58. The van der Waals surface area contributed by atoms with Gasteiger partial charge < -0.3 is 15.1 Å². The molecule has 138 valence electrons. The molecule has 5 nitrogen and oxygen atoms in total. The van der Waals surface area contributed by atoms with Crippen molar-refractivity contribution in [1.29, 1.82) is 0 Å². The predicted octanol–water partition coefficient (Wildman–Crippen LogP) is 3.53. The van der Waals surface area contributed by atoms with Gasteiger partial charge in [-0.1, -0.05) is 48.5 Å². The van der Waals surface area contributed by atoms with Crippen molar-refractivity contribution in [1.82, 2.24) is 10.6 Å². The van der Waals surface area contributed by atoms with Gasteiger partial charge in [-0.2, -0.15) is 0 Å². The highest BCUT2D eigenvalue weighted by atomic mass is 16.3. The van der Waals surface area contributed by atoms with E-state index in [0.717, 1.165) is 16.7 Å². The second kappa shape index (κ2) is 8.36. The van der Waals surface area contributed by atoms with Gasteiger partial charge in [0.2, 0.25) is 5.91 Å². The van der Waals surface area contributed by atoms with E-state index < -0.39 is 5.91 Å². The predicted molar refractivity (Wildman–Crippen MR) is 103 cm³/mol. The van der Waals surface area contributed by atoms with Crippen LogP contribution >= 0.6 is 0 Å². The van der Waals surface area contributed by atoms with Crippen molar-refractivity contribution in [2.75, 3.05) is 6.54 Å². The average Bonchev–Trinajstić information content (AvgIpc) is 3.22. The van der Waals surface area contributed by atoms with Crippen molar-refractivity contribution in [2.24, 2.45) is 0 Å². The molecule has 27 heavy (non-hydrogen) atoms. The summed E-state index contributed by atoms with van der Waals surface area (Å²) in [7, 11) is 0. The van der Waals surface area contributed by atoms with E-state index in [1.165, 1.54) is 11.8 Å². The maximum atomic E-state index is 12.5. The first-order chi connectivity index (χ1) is 13.0. The van der Waals surface area contributed by atoms with Gasteiger partial charge in [-0.05, 0) is 48.2 Å². The third kappa shape index (κ3) is 4.64. The quantitative estimate of drug-likeness (QED) is 0.705. The van der Waals surface area contributed by atoms with E-state index in [0.29, 0.717) is 0 Å². The molecule has 0 aliphatic carbocycles. The van der Waals surface area contributed by atoms with Crippen molar-refractivity contribution in [2.45, 2.75) is 19.9 Å². The fourth-order valence-corrected chi connectivity index (χ4v) is 2.82. The molecule has 3 rings (SSSR count). The normalized spacial score (nSPS) is 11.6. The molecule has 0 aliphatic heterocycles. The van der Waals surface area contributed by atoms with Crippen LogP contribution in [-0.2, 0) is 4.79 Å². The molecule has 1 heterocycles. The fraction of sp³-hybridized carbons (Fsp3) is 0.182. The molecule has 0 saturated carbocycles. The molecule has 0 spiro atoms. The van der Waals surface area contributed by atoms with Crippen molar-refractivity contribution in [3.8, 4) is 0 Å². The highest BCUT2D eigenvalue weighted by molar-refractivity contribution is 5.94. The standard InChI is InChI=1S/C22H22N2O3/c1-15-10-11-18(13-16(15)2)21(17-7-4-3-5-8-17)24-20(25)14-23-22(26)19-9-6-12-27-19/h3-13,21H,14H2,1-2H3,(H,23,26)(H,24,25)/t21-/m0/s1. The Labute approximate surface area is 158 Å². The summed E-state index contributed by atoms with van der Waals surface area (Å²) < 4.78 is 5.03. The highest BCUT2D eigenvalue weighted by Gasteiger charge is 2.18. The minimum absolute atomic E-state index is 0.131. The molecule has 3 aromatic rings. The van der Waals surface area contributed by atoms with Gasteiger partial charge in [-0.25, -0.2) is 0 Å². The van der Waals surface area contributed by atoms with Gasteiger partial charge in [0.25, 0.3) is 5.91 Å². The molecule has 0 bridgehead atoms. The van der Waals surface area contributed by atoms with Gasteiger partial charge in [0, 0.05) is 0 Å². The minimum atomic E-state index is -0.419. The Morgan fingerprint density at radius 3 is 2.37 bits per heavy atom. The van der Waals surface area contributed by atoms with E-state index in [1.807, 2.05) is 49.4 Å². The zero-order valence-electron chi connectivity index (χ0n) is 15.4. The maximum absolute atomic E-state index is 12.5. The van der Waals surface area contributed by atoms with Gasteiger partial charge in [0.05, 0.1) is 18.8 Å². The first-order valence-corrected chi connectivity index (χ1v) is 8.78. The molecule has 0 fully saturated rings. The number of furan rings is 1. The van der Waals surface area contributed by atoms with Gasteiger partial charge in [0.1, 0.15) is 0 Å². The number of amides is 2. The Morgan fingerprint density at radius 2 is 1.70 bits per heavy atom. The zero-order chi connectivity index (χ0) is 19.2. The van der Waals surface area contributed by atoms with Crippen LogP contribution in [0.25, 0.3) is 0 Å². The van der Waals surface area contributed by atoms with E-state index in [4.69, 9.17) is 4.42 Å². The third-order valence-corrected chi connectivity index (χ3v) is 4.46. The van der Waals surface area contributed by atoms with Crippen molar-refractivity contribution in [3.63, 3.8) is 0 Å². The van der Waals surface area contributed by atoms with Crippen LogP contribution < -0.4 is 10.6 Å². The van der Waals surface area contributed by atoms with Crippen LogP contribution in [0.4, 0.5) is 0 Å². The van der Waals surface area contributed by atoms with Crippen molar-refractivity contribution >= 4 is 11.8 Å². The molecular weight excluding hydrogens is 340 g/mol. The second-order valence-electron chi connectivity index (χ2n) is 6.41. The fourth-order valence-electron chi connectivity index (χ4n) is 2.82. The molecule has 2 N–H and O–H groups in total. The van der Waals surface area contributed by atoms with Crippen LogP contribution in [0.5, 0.6) is 0 Å². The van der Waals surface area contributed by atoms with Crippen molar-refractivity contribution in [3.05, 3.63) is 94.9 Å². The van der Waals surface area contributed by atoms with Crippen LogP contribution in [0.15, 0.2) is 71.3 Å². The number of carbonyl (C=O) groups excluding carboxylic acids is 2.